The summed E-state index contributed by atoms with van der Waals surface area (Å²) in [7, 11) is 0. The van der Waals surface area contributed by atoms with Crippen molar-refractivity contribution in [1.29, 1.82) is 0 Å². The van der Waals surface area contributed by atoms with Gasteiger partial charge in [0.15, 0.2) is 0 Å². The molecule has 0 radical (unpaired) electrons. The fourth-order valence-electron chi connectivity index (χ4n) is 8.67. The Morgan fingerprint density at radius 1 is 0.254 bits per heavy atom. The molecule has 3 nitrogen and oxygen atoms in total. The van der Waals surface area contributed by atoms with E-state index >= 15 is 0 Å². The van der Waals surface area contributed by atoms with Gasteiger partial charge in [0, 0.05) is 40.8 Å². The van der Waals surface area contributed by atoms with E-state index < -0.39 is 0 Å². The smallest absolute Gasteiger partial charge is 0.123 e. The summed E-state index contributed by atoms with van der Waals surface area (Å²) >= 11 is 0. The molecular formula is C61H44F3N3. The summed E-state index contributed by atoms with van der Waals surface area (Å²) in [5, 5.41) is 0. The first-order valence-corrected chi connectivity index (χ1v) is 22.4. The Labute approximate surface area is 389 Å². The van der Waals surface area contributed by atoms with Crippen molar-refractivity contribution < 1.29 is 13.2 Å². The molecule has 0 aliphatic rings. The number of nitrogens with zero attached hydrogens (tertiary/aromatic N) is 3. The summed E-state index contributed by atoms with van der Waals surface area (Å²) in [6.07, 6.45) is 8.88. The summed E-state index contributed by atoms with van der Waals surface area (Å²) in [4.78, 5) is 14.4. The van der Waals surface area contributed by atoms with Crippen LogP contribution in [0.5, 0.6) is 0 Å². The highest BCUT2D eigenvalue weighted by Crippen LogP contribution is 2.41. The van der Waals surface area contributed by atoms with Gasteiger partial charge >= 0.3 is 0 Å². The quantitative estimate of drug-likeness (QED) is 0.116. The maximum absolute atomic E-state index is 14.1. The lowest BCUT2D eigenvalue weighted by atomic mass is 9.87. The molecule has 0 N–H and O–H groups in total. The first-order valence-electron chi connectivity index (χ1n) is 22.4. The van der Waals surface area contributed by atoms with E-state index in [1.165, 1.54) is 47.5 Å². The summed E-state index contributed by atoms with van der Waals surface area (Å²) in [6.45, 7) is 0. The standard InChI is InChI=1S/C61H44F3N3/c62-52-27-23-48(24-28-52)59-31-17-41(38-65-59)13-15-43-33-44(16-14-42-18-32-60(66-39-42)50-9-6-10-54(64)36-50)35-51(34-43)55-11-4-5-12-56(55)58-40-67-61(49-25-29-53(63)30-26-49)37-57(58)47-21-19-46(20-22-47)45-7-2-1-3-8-45/h1-12,17-40H,13-16H2. The SMILES string of the molecule is Fc1ccc(-c2ccc(CCc3cc(CCc4ccc(-c5cccc(F)c5)nc4)cc(-c4ccccc4-c4cnc(-c5ccc(F)cc5)cc4-c4ccc(-c5ccccc5)cc4)c3)cn2)cc1. The molecule has 0 saturated heterocycles. The number of aryl methyl sites for hydroxylation is 4. The lowest BCUT2D eigenvalue weighted by molar-refractivity contribution is 0.627. The largest absolute Gasteiger partial charge is 0.256 e. The normalized spacial score (nSPS) is 11.1. The first kappa shape index (κ1) is 42.7. The molecule has 0 amide bonds. The van der Waals surface area contributed by atoms with Gasteiger partial charge in [0.2, 0.25) is 0 Å². The summed E-state index contributed by atoms with van der Waals surface area (Å²) in [5.41, 5.74) is 17.9. The van der Waals surface area contributed by atoms with Crippen LogP contribution in [0.4, 0.5) is 13.2 Å². The van der Waals surface area contributed by atoms with Crippen molar-refractivity contribution in [2.45, 2.75) is 25.7 Å². The van der Waals surface area contributed by atoms with Crippen molar-refractivity contribution in [2.75, 3.05) is 0 Å². The van der Waals surface area contributed by atoms with E-state index in [1.807, 2.05) is 55.0 Å². The topological polar surface area (TPSA) is 38.7 Å². The van der Waals surface area contributed by atoms with Crippen molar-refractivity contribution in [2.24, 2.45) is 0 Å². The van der Waals surface area contributed by atoms with E-state index in [1.54, 1.807) is 30.3 Å². The van der Waals surface area contributed by atoms with E-state index in [-0.39, 0.29) is 17.5 Å². The lowest BCUT2D eigenvalue weighted by Crippen LogP contribution is -1.99. The van der Waals surface area contributed by atoms with Crippen LogP contribution < -0.4 is 0 Å². The molecular weight excluding hydrogens is 832 g/mol. The van der Waals surface area contributed by atoms with Crippen molar-refractivity contribution in [3.05, 3.63) is 258 Å². The second kappa shape index (κ2) is 19.5. The summed E-state index contributed by atoms with van der Waals surface area (Å²) in [6, 6.07) is 64.0. The molecule has 0 aliphatic heterocycles. The van der Waals surface area contributed by atoms with Crippen LogP contribution in [0.2, 0.25) is 0 Å². The van der Waals surface area contributed by atoms with Gasteiger partial charge < -0.3 is 0 Å². The number of hydrogen-bond donors (Lipinski definition) is 0. The molecule has 3 aromatic heterocycles. The minimum absolute atomic E-state index is 0.272. The van der Waals surface area contributed by atoms with E-state index in [9.17, 15) is 13.2 Å². The Hall–Kier alpha value is -8.22. The number of halogens is 3. The van der Waals surface area contributed by atoms with Gasteiger partial charge in [-0.25, -0.2) is 13.2 Å². The van der Waals surface area contributed by atoms with Gasteiger partial charge in [0.1, 0.15) is 17.5 Å². The van der Waals surface area contributed by atoms with Gasteiger partial charge in [0.05, 0.1) is 17.1 Å². The number of hydrogen-bond acceptors (Lipinski definition) is 3. The van der Waals surface area contributed by atoms with Crippen LogP contribution in [0.15, 0.2) is 219 Å². The molecule has 0 bridgehead atoms. The van der Waals surface area contributed by atoms with Crippen LogP contribution in [-0.4, -0.2) is 15.0 Å². The zero-order valence-corrected chi connectivity index (χ0v) is 36.6. The van der Waals surface area contributed by atoms with Crippen molar-refractivity contribution in [3.8, 4) is 78.3 Å². The zero-order valence-electron chi connectivity index (χ0n) is 36.6. The van der Waals surface area contributed by atoms with E-state index in [2.05, 4.69) is 97.1 Å². The third-order valence-electron chi connectivity index (χ3n) is 12.2. The molecule has 7 aromatic carbocycles. The predicted molar refractivity (Wildman–Crippen MR) is 265 cm³/mol. The molecule has 0 spiro atoms. The minimum Gasteiger partial charge on any atom is -0.256 e. The Balaban J connectivity index is 1.01. The fourth-order valence-corrected chi connectivity index (χ4v) is 8.67. The average Bonchev–Trinajstić information content (AvgIpc) is 3.38. The monoisotopic (exact) mass is 875 g/mol. The second-order valence-corrected chi connectivity index (χ2v) is 16.8. The third kappa shape index (κ3) is 10.0. The molecule has 10 rings (SSSR count). The highest BCUT2D eigenvalue weighted by molar-refractivity contribution is 5.93. The molecule has 0 saturated carbocycles. The van der Waals surface area contributed by atoms with Crippen molar-refractivity contribution in [1.82, 2.24) is 15.0 Å². The molecule has 0 aliphatic carbocycles. The first-order chi connectivity index (χ1) is 32.9. The second-order valence-electron chi connectivity index (χ2n) is 16.8. The van der Waals surface area contributed by atoms with Gasteiger partial charge in [0.25, 0.3) is 0 Å². The Morgan fingerprint density at radius 3 is 1.34 bits per heavy atom. The number of benzene rings is 7. The molecule has 0 atom stereocenters. The molecule has 0 unspecified atom stereocenters. The summed E-state index contributed by atoms with van der Waals surface area (Å²) in [5.74, 6) is -0.851. The Bertz CT molecular complexity index is 3280. The summed E-state index contributed by atoms with van der Waals surface area (Å²) < 4.78 is 41.7. The van der Waals surface area contributed by atoms with E-state index in [0.29, 0.717) is 0 Å². The molecule has 10 aromatic rings. The Morgan fingerprint density at radius 2 is 0.746 bits per heavy atom. The maximum atomic E-state index is 14.1. The predicted octanol–water partition coefficient (Wildman–Crippen LogP) is 15.5. The number of pyridine rings is 3. The molecule has 67 heavy (non-hydrogen) atoms. The van der Waals surface area contributed by atoms with Crippen LogP contribution in [-0.2, 0) is 25.7 Å². The fraction of sp³-hybridized carbons (Fsp3) is 0.0656. The van der Waals surface area contributed by atoms with Gasteiger partial charge in [-0.15, -0.1) is 0 Å². The highest BCUT2D eigenvalue weighted by Gasteiger charge is 2.17. The molecule has 3 heterocycles. The average molecular weight is 876 g/mol. The van der Waals surface area contributed by atoms with Crippen molar-refractivity contribution >= 4 is 0 Å². The van der Waals surface area contributed by atoms with Crippen LogP contribution >= 0.6 is 0 Å². The van der Waals surface area contributed by atoms with Gasteiger partial charge in [-0.1, -0.05) is 121 Å². The lowest BCUT2D eigenvalue weighted by Gasteiger charge is -2.18. The third-order valence-corrected chi connectivity index (χ3v) is 12.2. The van der Waals surface area contributed by atoms with Crippen LogP contribution in [0.25, 0.3) is 78.3 Å². The Kier molecular flexibility index (Phi) is 12.4. The van der Waals surface area contributed by atoms with Gasteiger partial charge in [-0.3, -0.25) is 15.0 Å². The van der Waals surface area contributed by atoms with E-state index in [0.717, 1.165) is 115 Å². The van der Waals surface area contributed by atoms with Crippen LogP contribution in [0.1, 0.15) is 22.3 Å². The minimum atomic E-state index is -0.292. The number of rotatable bonds is 13. The van der Waals surface area contributed by atoms with Crippen LogP contribution in [0, 0.1) is 17.5 Å². The molecule has 6 heteroatoms. The maximum Gasteiger partial charge on any atom is 0.123 e. The zero-order chi connectivity index (χ0) is 45.5. The molecule has 0 fully saturated rings. The molecule has 324 valence electrons. The van der Waals surface area contributed by atoms with Crippen molar-refractivity contribution in [3.63, 3.8) is 0 Å². The highest BCUT2D eigenvalue weighted by atomic mass is 19.1. The number of aromatic nitrogens is 3. The van der Waals surface area contributed by atoms with Gasteiger partial charge in [-0.05, 0) is 166 Å². The van der Waals surface area contributed by atoms with Gasteiger partial charge in [-0.2, -0.15) is 0 Å². The van der Waals surface area contributed by atoms with E-state index in [4.69, 9.17) is 15.0 Å². The van der Waals surface area contributed by atoms with Crippen LogP contribution in [0.3, 0.4) is 0 Å².